The average molecular weight is 317 g/mol. The Kier molecular flexibility index (Phi) is 3.65. The SMILES string of the molecule is CCCc1cc2nc(-c3c(C)cccc3-c3ncco3)ccc2[nH]1. The summed E-state index contributed by atoms with van der Waals surface area (Å²) in [5.41, 5.74) is 7.44. The highest BCUT2D eigenvalue weighted by Crippen LogP contribution is 2.33. The Morgan fingerprint density at radius 2 is 2.08 bits per heavy atom. The number of aromatic nitrogens is 3. The van der Waals surface area contributed by atoms with Crippen LogP contribution in [0.5, 0.6) is 0 Å². The lowest BCUT2D eigenvalue weighted by molar-refractivity contribution is 0.574. The monoisotopic (exact) mass is 317 g/mol. The van der Waals surface area contributed by atoms with Crippen molar-refractivity contribution in [3.63, 3.8) is 0 Å². The molecule has 0 amide bonds. The minimum Gasteiger partial charge on any atom is -0.445 e. The van der Waals surface area contributed by atoms with E-state index in [2.05, 4.69) is 48.1 Å². The Hall–Kier alpha value is -2.88. The Balaban J connectivity index is 1.88. The highest BCUT2D eigenvalue weighted by molar-refractivity contribution is 5.85. The van der Waals surface area contributed by atoms with Gasteiger partial charge in [-0.3, -0.25) is 0 Å². The van der Waals surface area contributed by atoms with Crippen molar-refractivity contribution in [2.45, 2.75) is 26.7 Å². The van der Waals surface area contributed by atoms with Crippen molar-refractivity contribution >= 4 is 11.0 Å². The molecule has 0 radical (unpaired) electrons. The lowest BCUT2D eigenvalue weighted by atomic mass is 9.98. The number of nitrogens with one attached hydrogen (secondary N) is 1. The van der Waals surface area contributed by atoms with Crippen LogP contribution < -0.4 is 0 Å². The molecular formula is C20H19N3O. The van der Waals surface area contributed by atoms with Gasteiger partial charge in [0.15, 0.2) is 0 Å². The largest absolute Gasteiger partial charge is 0.445 e. The van der Waals surface area contributed by atoms with E-state index in [4.69, 9.17) is 9.40 Å². The normalized spacial score (nSPS) is 11.2. The number of pyridine rings is 1. The van der Waals surface area contributed by atoms with Crippen molar-refractivity contribution in [1.29, 1.82) is 0 Å². The molecule has 4 heteroatoms. The van der Waals surface area contributed by atoms with E-state index in [0.717, 1.165) is 46.3 Å². The molecule has 3 heterocycles. The van der Waals surface area contributed by atoms with Crippen LogP contribution in [0.15, 0.2) is 53.3 Å². The number of oxazole rings is 1. The first-order valence-corrected chi connectivity index (χ1v) is 8.24. The maximum absolute atomic E-state index is 5.52. The van der Waals surface area contributed by atoms with Crippen LogP contribution in [0.25, 0.3) is 33.7 Å². The quantitative estimate of drug-likeness (QED) is 0.566. The van der Waals surface area contributed by atoms with Gasteiger partial charge in [-0.2, -0.15) is 0 Å². The van der Waals surface area contributed by atoms with Crippen LogP contribution in [0, 0.1) is 6.92 Å². The predicted octanol–water partition coefficient (Wildman–Crippen LogP) is 5.15. The molecule has 4 aromatic rings. The van der Waals surface area contributed by atoms with Gasteiger partial charge in [0, 0.05) is 16.8 Å². The van der Waals surface area contributed by atoms with Gasteiger partial charge < -0.3 is 9.40 Å². The van der Waals surface area contributed by atoms with Crippen molar-refractivity contribution in [3.8, 4) is 22.7 Å². The molecular weight excluding hydrogens is 298 g/mol. The first kappa shape index (κ1) is 14.7. The van der Waals surface area contributed by atoms with Gasteiger partial charge in [-0.15, -0.1) is 0 Å². The molecule has 0 spiro atoms. The summed E-state index contributed by atoms with van der Waals surface area (Å²) >= 11 is 0. The summed E-state index contributed by atoms with van der Waals surface area (Å²) in [7, 11) is 0. The molecule has 24 heavy (non-hydrogen) atoms. The summed E-state index contributed by atoms with van der Waals surface area (Å²) in [6.07, 6.45) is 5.42. The number of rotatable bonds is 4. The maximum atomic E-state index is 5.52. The van der Waals surface area contributed by atoms with Crippen molar-refractivity contribution < 1.29 is 4.42 Å². The number of fused-ring (bicyclic) bond motifs is 1. The van der Waals surface area contributed by atoms with E-state index in [1.807, 2.05) is 12.1 Å². The van der Waals surface area contributed by atoms with Gasteiger partial charge in [0.2, 0.25) is 5.89 Å². The van der Waals surface area contributed by atoms with Gasteiger partial charge in [-0.1, -0.05) is 25.5 Å². The number of benzene rings is 1. The van der Waals surface area contributed by atoms with Crippen molar-refractivity contribution in [1.82, 2.24) is 15.0 Å². The van der Waals surface area contributed by atoms with Crippen LogP contribution in [-0.2, 0) is 6.42 Å². The van der Waals surface area contributed by atoms with Crippen molar-refractivity contribution in [2.75, 3.05) is 0 Å². The summed E-state index contributed by atoms with van der Waals surface area (Å²) in [5.74, 6) is 0.622. The van der Waals surface area contributed by atoms with Crippen molar-refractivity contribution in [2.24, 2.45) is 0 Å². The number of hydrogen-bond donors (Lipinski definition) is 1. The lowest BCUT2D eigenvalue weighted by Gasteiger charge is -2.10. The zero-order valence-electron chi connectivity index (χ0n) is 13.8. The predicted molar refractivity (Wildman–Crippen MR) is 95.8 cm³/mol. The molecule has 3 aromatic heterocycles. The lowest BCUT2D eigenvalue weighted by Crippen LogP contribution is -1.92. The molecule has 1 N–H and O–H groups in total. The third-order valence-electron chi connectivity index (χ3n) is 4.24. The van der Waals surface area contributed by atoms with E-state index in [0.29, 0.717) is 5.89 Å². The van der Waals surface area contributed by atoms with E-state index in [-0.39, 0.29) is 0 Å². The van der Waals surface area contributed by atoms with Gasteiger partial charge in [-0.25, -0.2) is 9.97 Å². The second-order valence-corrected chi connectivity index (χ2v) is 6.01. The standard InChI is InChI=1S/C20H19N3O/c1-3-5-14-12-18-16(22-14)8-9-17(23-18)19-13(2)6-4-7-15(19)20-21-10-11-24-20/h4,6-12,22H,3,5H2,1-2H3. The van der Waals surface area contributed by atoms with Crippen LogP contribution in [0.4, 0.5) is 0 Å². The molecule has 0 saturated carbocycles. The van der Waals surface area contributed by atoms with Crippen LogP contribution in [0.1, 0.15) is 24.6 Å². The number of aromatic amines is 1. The fourth-order valence-corrected chi connectivity index (χ4v) is 3.15. The summed E-state index contributed by atoms with van der Waals surface area (Å²) < 4.78 is 5.52. The fourth-order valence-electron chi connectivity index (χ4n) is 3.15. The summed E-state index contributed by atoms with van der Waals surface area (Å²) in [6, 6.07) is 12.4. The van der Waals surface area contributed by atoms with Gasteiger partial charge in [0.25, 0.3) is 0 Å². The van der Waals surface area contributed by atoms with E-state index in [1.54, 1.807) is 12.5 Å². The number of hydrogen-bond acceptors (Lipinski definition) is 3. The highest BCUT2D eigenvalue weighted by atomic mass is 16.3. The molecule has 0 saturated heterocycles. The molecule has 0 bridgehead atoms. The Labute approximate surface area is 140 Å². The van der Waals surface area contributed by atoms with Gasteiger partial charge in [0.05, 0.1) is 22.9 Å². The molecule has 0 atom stereocenters. The van der Waals surface area contributed by atoms with Crippen LogP contribution in [-0.4, -0.2) is 15.0 Å². The second kappa shape index (κ2) is 5.96. The Morgan fingerprint density at radius 3 is 2.88 bits per heavy atom. The van der Waals surface area contributed by atoms with E-state index >= 15 is 0 Å². The molecule has 0 aliphatic carbocycles. The number of nitrogens with zero attached hydrogens (tertiary/aromatic N) is 2. The molecule has 0 fully saturated rings. The molecule has 4 rings (SSSR count). The average Bonchev–Trinajstić information content (AvgIpc) is 3.23. The number of aryl methyl sites for hydroxylation is 2. The first-order valence-electron chi connectivity index (χ1n) is 8.24. The summed E-state index contributed by atoms with van der Waals surface area (Å²) in [4.78, 5) is 12.6. The van der Waals surface area contributed by atoms with Crippen LogP contribution in [0.2, 0.25) is 0 Å². The van der Waals surface area contributed by atoms with Crippen molar-refractivity contribution in [3.05, 3.63) is 60.1 Å². The van der Waals surface area contributed by atoms with E-state index in [9.17, 15) is 0 Å². The summed E-state index contributed by atoms with van der Waals surface area (Å²) in [6.45, 7) is 4.27. The molecule has 120 valence electrons. The van der Waals surface area contributed by atoms with Gasteiger partial charge >= 0.3 is 0 Å². The maximum Gasteiger partial charge on any atom is 0.226 e. The third-order valence-corrected chi connectivity index (χ3v) is 4.24. The minimum absolute atomic E-state index is 0.622. The smallest absolute Gasteiger partial charge is 0.226 e. The van der Waals surface area contributed by atoms with Gasteiger partial charge in [-0.05, 0) is 43.2 Å². The zero-order valence-corrected chi connectivity index (χ0v) is 13.8. The topological polar surface area (TPSA) is 54.7 Å². The summed E-state index contributed by atoms with van der Waals surface area (Å²) in [5, 5.41) is 0. The van der Waals surface area contributed by atoms with Crippen LogP contribution >= 0.6 is 0 Å². The molecule has 0 aliphatic heterocycles. The molecule has 0 unspecified atom stereocenters. The van der Waals surface area contributed by atoms with E-state index < -0.39 is 0 Å². The van der Waals surface area contributed by atoms with Crippen LogP contribution in [0.3, 0.4) is 0 Å². The van der Waals surface area contributed by atoms with E-state index in [1.165, 1.54) is 5.69 Å². The third kappa shape index (κ3) is 2.50. The minimum atomic E-state index is 0.622. The fraction of sp³-hybridized carbons (Fsp3) is 0.200. The molecule has 1 aromatic carbocycles. The van der Waals surface area contributed by atoms with Gasteiger partial charge in [0.1, 0.15) is 6.26 Å². The Bertz CT molecular complexity index is 983. The molecule has 4 nitrogen and oxygen atoms in total. The first-order chi connectivity index (χ1) is 11.8. The Morgan fingerprint density at radius 1 is 1.17 bits per heavy atom. The number of H-pyrrole nitrogens is 1. The molecule has 0 aliphatic rings. The second-order valence-electron chi connectivity index (χ2n) is 6.01. The zero-order chi connectivity index (χ0) is 16.5. The highest BCUT2D eigenvalue weighted by Gasteiger charge is 2.15.